The second kappa shape index (κ2) is 5.66. The molecule has 0 fully saturated rings. The smallest absolute Gasteiger partial charge is 0.253 e. The van der Waals surface area contributed by atoms with Crippen LogP contribution in [0.4, 0.5) is 0 Å². The minimum atomic E-state index is 0.367. The highest BCUT2D eigenvalue weighted by Crippen LogP contribution is 2.12. The van der Waals surface area contributed by atoms with Crippen LogP contribution < -0.4 is 5.32 Å². The topological polar surface area (TPSA) is 51.0 Å². The highest BCUT2D eigenvalue weighted by Gasteiger charge is 2.09. The molecule has 4 nitrogen and oxygen atoms in total. The zero-order valence-electron chi connectivity index (χ0n) is 9.87. The fourth-order valence-corrected chi connectivity index (χ4v) is 1.27. The normalized spacial score (nSPS) is 14.3. The number of hydrogen-bond donors (Lipinski definition) is 1. The van der Waals surface area contributed by atoms with E-state index in [1.807, 2.05) is 14.0 Å². The number of allylic oxidation sites excluding steroid dienone is 2. The monoisotopic (exact) mass is 209 g/mol. The Morgan fingerprint density at radius 3 is 2.93 bits per heavy atom. The molecular formula is C11H19N3O. The van der Waals surface area contributed by atoms with E-state index in [9.17, 15) is 0 Å². The number of rotatable bonds is 5. The molecule has 0 spiro atoms. The molecule has 1 rings (SSSR count). The minimum absolute atomic E-state index is 0.367. The Hall–Kier alpha value is -1.16. The van der Waals surface area contributed by atoms with Crippen LogP contribution in [-0.4, -0.2) is 23.2 Å². The lowest BCUT2D eigenvalue weighted by Crippen LogP contribution is -2.24. The summed E-state index contributed by atoms with van der Waals surface area (Å²) in [5.41, 5.74) is 1.05. The Morgan fingerprint density at radius 2 is 2.33 bits per heavy atom. The van der Waals surface area contributed by atoms with Gasteiger partial charge in [0, 0.05) is 18.0 Å². The summed E-state index contributed by atoms with van der Waals surface area (Å²) in [7, 11) is 1.92. The van der Waals surface area contributed by atoms with Gasteiger partial charge in [0.15, 0.2) is 5.82 Å². The lowest BCUT2D eigenvalue weighted by molar-refractivity contribution is 0.397. The van der Waals surface area contributed by atoms with Gasteiger partial charge in [0.1, 0.15) is 0 Å². The van der Waals surface area contributed by atoms with Gasteiger partial charge in [-0.1, -0.05) is 18.2 Å². The molecule has 0 bridgehead atoms. The third kappa shape index (κ3) is 3.47. The number of likely N-dealkylation sites (N-methyl/N-ethyl adjacent to an activating group) is 1. The van der Waals surface area contributed by atoms with Gasteiger partial charge in [-0.05, 0) is 27.3 Å². The summed E-state index contributed by atoms with van der Waals surface area (Å²) in [6.07, 6.45) is 3.86. The summed E-state index contributed by atoms with van der Waals surface area (Å²) in [5, 5.41) is 7.08. The average molecular weight is 209 g/mol. The van der Waals surface area contributed by atoms with Gasteiger partial charge >= 0.3 is 0 Å². The van der Waals surface area contributed by atoms with E-state index >= 15 is 0 Å². The summed E-state index contributed by atoms with van der Waals surface area (Å²) in [6.45, 7) is 6.16. The molecule has 1 aromatic rings. The lowest BCUT2D eigenvalue weighted by Gasteiger charge is -2.04. The Balaban J connectivity index is 2.68. The third-order valence-corrected chi connectivity index (χ3v) is 2.30. The van der Waals surface area contributed by atoms with Crippen molar-refractivity contribution in [2.75, 3.05) is 7.05 Å². The van der Waals surface area contributed by atoms with Gasteiger partial charge in [0.2, 0.25) is 0 Å². The van der Waals surface area contributed by atoms with Crippen LogP contribution in [0.2, 0.25) is 0 Å². The molecule has 1 atom stereocenters. The van der Waals surface area contributed by atoms with Crippen LogP contribution in [0.25, 0.3) is 5.57 Å². The third-order valence-electron chi connectivity index (χ3n) is 2.30. The molecule has 1 unspecified atom stereocenters. The molecule has 0 aliphatic carbocycles. The highest BCUT2D eigenvalue weighted by molar-refractivity contribution is 5.55. The molecule has 1 N–H and O–H groups in total. The van der Waals surface area contributed by atoms with Crippen molar-refractivity contribution in [3.05, 3.63) is 17.8 Å². The molecule has 0 saturated carbocycles. The molecule has 4 heteroatoms. The van der Waals surface area contributed by atoms with Crippen molar-refractivity contribution in [2.45, 2.75) is 39.7 Å². The largest absolute Gasteiger partial charge is 0.334 e. The van der Waals surface area contributed by atoms with Crippen molar-refractivity contribution in [2.24, 2.45) is 0 Å². The summed E-state index contributed by atoms with van der Waals surface area (Å²) in [6, 6.07) is 0.367. The van der Waals surface area contributed by atoms with Gasteiger partial charge in [-0.25, -0.2) is 0 Å². The number of aromatic nitrogens is 2. The SMILES string of the molecule is CC/C=C(/C)c1nc(CC(C)NC)no1. The van der Waals surface area contributed by atoms with Gasteiger partial charge in [0.25, 0.3) is 5.89 Å². The standard InChI is InChI=1S/C11H19N3O/c1-5-6-8(2)11-13-10(14-15-11)7-9(3)12-4/h6,9,12H,5,7H2,1-4H3/b8-6-. The summed E-state index contributed by atoms with van der Waals surface area (Å²) in [4.78, 5) is 4.33. The van der Waals surface area contributed by atoms with E-state index in [1.54, 1.807) is 0 Å². The van der Waals surface area contributed by atoms with Crippen LogP contribution >= 0.6 is 0 Å². The summed E-state index contributed by atoms with van der Waals surface area (Å²) >= 11 is 0. The molecule has 0 aliphatic rings. The van der Waals surface area contributed by atoms with Gasteiger partial charge in [0.05, 0.1) is 0 Å². The maximum atomic E-state index is 5.17. The van der Waals surface area contributed by atoms with Crippen molar-refractivity contribution < 1.29 is 4.52 Å². The molecule has 0 aromatic carbocycles. The second-order valence-corrected chi connectivity index (χ2v) is 3.70. The van der Waals surface area contributed by atoms with Gasteiger partial charge in [-0.2, -0.15) is 4.98 Å². The van der Waals surface area contributed by atoms with Crippen LogP contribution in [0.15, 0.2) is 10.6 Å². The summed E-state index contributed by atoms with van der Waals surface area (Å²) in [5.74, 6) is 1.39. The summed E-state index contributed by atoms with van der Waals surface area (Å²) < 4.78 is 5.17. The first-order chi connectivity index (χ1) is 7.17. The predicted octanol–water partition coefficient (Wildman–Crippen LogP) is 2.03. The van der Waals surface area contributed by atoms with E-state index in [-0.39, 0.29) is 0 Å². The van der Waals surface area contributed by atoms with Crippen molar-refractivity contribution in [1.82, 2.24) is 15.5 Å². The van der Waals surface area contributed by atoms with E-state index in [0.29, 0.717) is 11.9 Å². The van der Waals surface area contributed by atoms with Crippen LogP contribution in [0.5, 0.6) is 0 Å². The average Bonchev–Trinajstić information content (AvgIpc) is 2.66. The highest BCUT2D eigenvalue weighted by atomic mass is 16.5. The van der Waals surface area contributed by atoms with Crippen molar-refractivity contribution in [3.8, 4) is 0 Å². The molecule has 0 saturated heterocycles. The lowest BCUT2D eigenvalue weighted by atomic mass is 10.2. The molecule has 0 radical (unpaired) electrons. The number of nitrogens with one attached hydrogen (secondary N) is 1. The first-order valence-corrected chi connectivity index (χ1v) is 5.34. The molecule has 84 valence electrons. The molecule has 1 heterocycles. The first kappa shape index (κ1) is 11.9. The molecular weight excluding hydrogens is 190 g/mol. The maximum Gasteiger partial charge on any atom is 0.253 e. The van der Waals surface area contributed by atoms with E-state index in [0.717, 1.165) is 24.2 Å². The van der Waals surface area contributed by atoms with E-state index in [4.69, 9.17) is 4.52 Å². The molecule has 0 aliphatic heterocycles. The van der Waals surface area contributed by atoms with E-state index < -0.39 is 0 Å². The van der Waals surface area contributed by atoms with E-state index in [1.165, 1.54) is 0 Å². The van der Waals surface area contributed by atoms with Gasteiger partial charge < -0.3 is 9.84 Å². The maximum absolute atomic E-state index is 5.17. The zero-order chi connectivity index (χ0) is 11.3. The van der Waals surface area contributed by atoms with Crippen LogP contribution in [-0.2, 0) is 6.42 Å². The Kier molecular flexibility index (Phi) is 4.49. The van der Waals surface area contributed by atoms with Crippen LogP contribution in [0.3, 0.4) is 0 Å². The quantitative estimate of drug-likeness (QED) is 0.806. The van der Waals surface area contributed by atoms with Crippen molar-refractivity contribution in [1.29, 1.82) is 0 Å². The van der Waals surface area contributed by atoms with Crippen molar-refractivity contribution >= 4 is 5.57 Å². The van der Waals surface area contributed by atoms with Crippen LogP contribution in [0.1, 0.15) is 38.9 Å². The number of hydrogen-bond acceptors (Lipinski definition) is 4. The Bertz CT molecular complexity index is 330. The van der Waals surface area contributed by atoms with Gasteiger partial charge in [-0.15, -0.1) is 0 Å². The van der Waals surface area contributed by atoms with Gasteiger partial charge in [-0.3, -0.25) is 0 Å². The molecule has 15 heavy (non-hydrogen) atoms. The van der Waals surface area contributed by atoms with Crippen LogP contribution in [0, 0.1) is 0 Å². The van der Waals surface area contributed by atoms with Crippen molar-refractivity contribution in [3.63, 3.8) is 0 Å². The Labute approximate surface area is 90.8 Å². The van der Waals surface area contributed by atoms with E-state index in [2.05, 4.69) is 35.4 Å². The number of nitrogens with zero attached hydrogens (tertiary/aromatic N) is 2. The Morgan fingerprint density at radius 1 is 1.60 bits per heavy atom. The predicted molar refractivity (Wildman–Crippen MR) is 60.5 cm³/mol. The zero-order valence-corrected chi connectivity index (χ0v) is 9.87. The molecule has 0 amide bonds. The first-order valence-electron chi connectivity index (χ1n) is 5.34. The second-order valence-electron chi connectivity index (χ2n) is 3.70. The fraction of sp³-hybridized carbons (Fsp3) is 0.636. The minimum Gasteiger partial charge on any atom is -0.334 e. The fourth-order valence-electron chi connectivity index (χ4n) is 1.27. The molecule has 1 aromatic heterocycles.